The van der Waals surface area contributed by atoms with E-state index in [2.05, 4.69) is 14.9 Å². The van der Waals surface area contributed by atoms with Gasteiger partial charge in [0.05, 0.1) is 10.2 Å². The van der Waals surface area contributed by atoms with Crippen molar-refractivity contribution in [3.8, 4) is 0 Å². The molecule has 0 spiro atoms. The maximum Gasteiger partial charge on any atom is 0.359 e. The summed E-state index contributed by atoms with van der Waals surface area (Å²) in [6.45, 7) is 1.82. The summed E-state index contributed by atoms with van der Waals surface area (Å²) in [6.07, 6.45) is -2.67. The summed E-state index contributed by atoms with van der Waals surface area (Å²) in [7, 11) is 0. The fraction of sp³-hybridized carbons (Fsp3) is 0.429. The molecule has 0 aromatic carbocycles. The van der Waals surface area contributed by atoms with E-state index in [-0.39, 0.29) is 21.6 Å². The molecule has 0 aliphatic rings. The van der Waals surface area contributed by atoms with Crippen molar-refractivity contribution in [2.75, 3.05) is 6.61 Å². The number of aromatic amines is 1. The highest BCUT2D eigenvalue weighted by atomic mass is 127. The molecule has 78 valence electrons. The van der Waals surface area contributed by atoms with Gasteiger partial charge in [-0.2, -0.15) is 5.10 Å². The molecule has 0 saturated heterocycles. The van der Waals surface area contributed by atoms with Gasteiger partial charge in [-0.3, -0.25) is 5.10 Å². The van der Waals surface area contributed by atoms with Gasteiger partial charge in [-0.15, -0.1) is 0 Å². The monoisotopic (exact) mass is 316 g/mol. The zero-order chi connectivity index (χ0) is 10.7. The second-order valence-electron chi connectivity index (χ2n) is 2.32. The molecule has 0 unspecified atom stereocenters. The molecule has 0 fully saturated rings. The second kappa shape index (κ2) is 4.67. The second-order valence-corrected chi connectivity index (χ2v) is 3.40. The van der Waals surface area contributed by atoms with Gasteiger partial charge in [-0.05, 0) is 29.5 Å². The first kappa shape index (κ1) is 11.3. The molecule has 0 saturated carbocycles. The molecule has 7 heteroatoms. The summed E-state index contributed by atoms with van der Waals surface area (Å²) >= 11 is 1.63. The van der Waals surface area contributed by atoms with Gasteiger partial charge in [0, 0.05) is 0 Å². The number of carbonyl (C=O) groups excluding carboxylic acids is 1. The van der Waals surface area contributed by atoms with Crippen LogP contribution in [0.5, 0.6) is 0 Å². The lowest BCUT2D eigenvalue weighted by atomic mass is 10.3. The first-order valence-electron chi connectivity index (χ1n) is 3.77. The number of carbonyl (C=O) groups is 1. The van der Waals surface area contributed by atoms with Crippen LogP contribution in [0.4, 0.5) is 8.78 Å². The minimum atomic E-state index is -2.67. The minimum Gasteiger partial charge on any atom is -0.461 e. The van der Waals surface area contributed by atoms with E-state index in [0.29, 0.717) is 0 Å². The Balaban J connectivity index is 2.95. The Bertz CT molecular complexity index is 340. The first-order valence-corrected chi connectivity index (χ1v) is 4.84. The fourth-order valence-electron chi connectivity index (χ4n) is 0.821. The van der Waals surface area contributed by atoms with Crippen LogP contribution in [0, 0.1) is 3.57 Å². The van der Waals surface area contributed by atoms with Crippen molar-refractivity contribution < 1.29 is 18.3 Å². The number of alkyl halides is 2. The largest absolute Gasteiger partial charge is 0.461 e. The van der Waals surface area contributed by atoms with Crippen LogP contribution in [0.25, 0.3) is 0 Å². The van der Waals surface area contributed by atoms with Crippen LogP contribution in [-0.2, 0) is 4.74 Å². The molecule has 1 heterocycles. The fourth-order valence-corrected chi connectivity index (χ4v) is 1.52. The maximum absolute atomic E-state index is 12.3. The van der Waals surface area contributed by atoms with Crippen LogP contribution in [0.3, 0.4) is 0 Å². The van der Waals surface area contributed by atoms with Gasteiger partial charge in [-0.1, -0.05) is 0 Å². The minimum absolute atomic E-state index is 0.0947. The van der Waals surface area contributed by atoms with E-state index in [0.717, 1.165) is 0 Å². The lowest BCUT2D eigenvalue weighted by molar-refractivity contribution is 0.0518. The number of esters is 1. The number of halogens is 3. The Labute approximate surface area is 92.2 Å². The van der Waals surface area contributed by atoms with Crippen molar-refractivity contribution in [1.82, 2.24) is 10.2 Å². The van der Waals surface area contributed by atoms with Crippen LogP contribution < -0.4 is 0 Å². The lowest BCUT2D eigenvalue weighted by Crippen LogP contribution is -2.06. The highest BCUT2D eigenvalue weighted by Crippen LogP contribution is 2.24. The summed E-state index contributed by atoms with van der Waals surface area (Å²) in [6, 6.07) is 0. The Morgan fingerprint density at radius 1 is 1.71 bits per heavy atom. The Kier molecular flexibility index (Phi) is 3.78. The Morgan fingerprint density at radius 3 is 2.79 bits per heavy atom. The van der Waals surface area contributed by atoms with Crippen molar-refractivity contribution in [3.05, 3.63) is 15.0 Å². The number of hydrogen-bond donors (Lipinski definition) is 1. The van der Waals surface area contributed by atoms with Crippen LogP contribution in [0.1, 0.15) is 29.5 Å². The topological polar surface area (TPSA) is 55.0 Å². The van der Waals surface area contributed by atoms with Crippen LogP contribution in [0.15, 0.2) is 0 Å². The van der Waals surface area contributed by atoms with Crippen molar-refractivity contribution >= 4 is 28.6 Å². The van der Waals surface area contributed by atoms with E-state index in [1.165, 1.54) is 0 Å². The van der Waals surface area contributed by atoms with Gasteiger partial charge < -0.3 is 4.74 Å². The van der Waals surface area contributed by atoms with Gasteiger partial charge in [-0.25, -0.2) is 13.6 Å². The molecule has 14 heavy (non-hydrogen) atoms. The average Bonchev–Trinajstić information content (AvgIpc) is 2.47. The van der Waals surface area contributed by atoms with Crippen LogP contribution in [-0.4, -0.2) is 22.8 Å². The summed E-state index contributed by atoms with van der Waals surface area (Å²) < 4.78 is 29.3. The molecule has 1 N–H and O–H groups in total. The van der Waals surface area contributed by atoms with Gasteiger partial charge >= 0.3 is 5.97 Å². The van der Waals surface area contributed by atoms with E-state index < -0.39 is 12.4 Å². The lowest BCUT2D eigenvalue weighted by Gasteiger charge is -1.98. The normalized spacial score (nSPS) is 10.6. The van der Waals surface area contributed by atoms with Gasteiger partial charge in [0.15, 0.2) is 5.69 Å². The quantitative estimate of drug-likeness (QED) is 0.686. The van der Waals surface area contributed by atoms with Crippen LogP contribution in [0.2, 0.25) is 0 Å². The molecule has 1 aromatic rings. The van der Waals surface area contributed by atoms with Gasteiger partial charge in [0.25, 0.3) is 6.43 Å². The highest BCUT2D eigenvalue weighted by molar-refractivity contribution is 14.1. The van der Waals surface area contributed by atoms with E-state index in [1.807, 2.05) is 0 Å². The SMILES string of the molecule is CCOC(=O)c1n[nH]c(C(F)F)c1I. The van der Waals surface area contributed by atoms with Crippen molar-refractivity contribution in [3.63, 3.8) is 0 Å². The third kappa shape index (κ3) is 2.20. The predicted molar refractivity (Wildman–Crippen MR) is 52.2 cm³/mol. The molecule has 0 amide bonds. The third-order valence-electron chi connectivity index (χ3n) is 1.42. The number of ether oxygens (including phenoxy) is 1. The zero-order valence-corrected chi connectivity index (χ0v) is 9.34. The zero-order valence-electron chi connectivity index (χ0n) is 7.18. The standard InChI is InChI=1S/C7H7F2IN2O2/c1-2-14-7(13)5-3(10)4(6(8)9)11-12-5/h6H,2H2,1H3,(H,11,12). The highest BCUT2D eigenvalue weighted by Gasteiger charge is 2.23. The molecule has 1 rings (SSSR count). The summed E-state index contributed by atoms with van der Waals surface area (Å²) in [5.41, 5.74) is -0.448. The molecule has 4 nitrogen and oxygen atoms in total. The molecular formula is C7H7F2IN2O2. The number of H-pyrrole nitrogens is 1. The van der Waals surface area contributed by atoms with Gasteiger partial charge in [0.2, 0.25) is 0 Å². The molecule has 0 bridgehead atoms. The molecule has 0 radical (unpaired) electrons. The number of nitrogens with one attached hydrogen (secondary N) is 1. The third-order valence-corrected chi connectivity index (χ3v) is 2.51. The maximum atomic E-state index is 12.3. The number of hydrogen-bond acceptors (Lipinski definition) is 3. The average molecular weight is 316 g/mol. The molecule has 1 aromatic heterocycles. The van der Waals surface area contributed by atoms with Crippen molar-refractivity contribution in [1.29, 1.82) is 0 Å². The first-order chi connectivity index (χ1) is 6.57. The smallest absolute Gasteiger partial charge is 0.359 e. The van der Waals surface area contributed by atoms with E-state index in [9.17, 15) is 13.6 Å². The van der Waals surface area contributed by atoms with Crippen molar-refractivity contribution in [2.45, 2.75) is 13.3 Å². The van der Waals surface area contributed by atoms with Gasteiger partial charge in [0.1, 0.15) is 5.69 Å². The molecule has 0 aliphatic carbocycles. The predicted octanol–water partition coefficient (Wildman–Crippen LogP) is 2.13. The Morgan fingerprint density at radius 2 is 2.36 bits per heavy atom. The van der Waals surface area contributed by atoms with E-state index in [4.69, 9.17) is 0 Å². The van der Waals surface area contributed by atoms with E-state index >= 15 is 0 Å². The summed E-state index contributed by atoms with van der Waals surface area (Å²) in [5, 5.41) is 5.57. The molecular weight excluding hydrogens is 309 g/mol. The molecule has 0 aliphatic heterocycles. The van der Waals surface area contributed by atoms with E-state index in [1.54, 1.807) is 29.5 Å². The van der Waals surface area contributed by atoms with Crippen molar-refractivity contribution in [2.24, 2.45) is 0 Å². The summed E-state index contributed by atoms with van der Waals surface area (Å²) in [4.78, 5) is 11.1. The Hall–Kier alpha value is -0.730. The number of nitrogens with zero attached hydrogens (tertiary/aromatic N) is 1. The summed E-state index contributed by atoms with van der Waals surface area (Å²) in [5.74, 6) is -0.694. The van der Waals surface area contributed by atoms with Crippen LogP contribution >= 0.6 is 22.6 Å². The number of aromatic nitrogens is 2. The number of rotatable bonds is 3. The molecule has 0 atom stereocenters.